The van der Waals surface area contributed by atoms with Crippen molar-refractivity contribution in [2.75, 3.05) is 24.7 Å². The van der Waals surface area contributed by atoms with E-state index in [1.165, 1.54) is 22.6 Å². The largest absolute Gasteiger partial charge is 0.443 e. The Morgan fingerprint density at radius 2 is 1.80 bits per heavy atom. The van der Waals surface area contributed by atoms with Gasteiger partial charge in [-0.05, 0) is 36.6 Å². The Labute approximate surface area is 255 Å². The van der Waals surface area contributed by atoms with Crippen LogP contribution in [0.4, 0.5) is 14.7 Å². The molecule has 5 aromatic rings. The molecular formula is C27H26F2N8O6S2. The Kier molecular flexibility index (Phi) is 7.96. The molecule has 1 N–H and O–H groups in total. The summed E-state index contributed by atoms with van der Waals surface area (Å²) in [4.78, 5) is 25.6. The molecule has 14 nitrogen and oxygen atoms in total. The Morgan fingerprint density at radius 3 is 2.44 bits per heavy atom. The maximum absolute atomic E-state index is 13.8. The molecular weight excluding hydrogens is 634 g/mol. The highest BCUT2D eigenvalue weighted by Gasteiger charge is 2.26. The lowest BCUT2D eigenvalue weighted by Crippen LogP contribution is -2.42. The topological polar surface area (TPSA) is 175 Å². The first kappa shape index (κ1) is 30.5. The number of alkyl halides is 2. The molecule has 5 heterocycles. The van der Waals surface area contributed by atoms with Crippen LogP contribution in [0.5, 0.6) is 0 Å². The van der Waals surface area contributed by atoms with Gasteiger partial charge in [0.2, 0.25) is 21.1 Å². The van der Waals surface area contributed by atoms with Crippen LogP contribution in [0.2, 0.25) is 0 Å². The van der Waals surface area contributed by atoms with Crippen LogP contribution in [0.3, 0.4) is 0 Å². The number of piperidine rings is 1. The lowest BCUT2D eigenvalue weighted by Gasteiger charge is -2.30. The minimum absolute atomic E-state index is 0.0938. The summed E-state index contributed by atoms with van der Waals surface area (Å²) >= 11 is 0. The average molecular weight is 661 g/mol. The van der Waals surface area contributed by atoms with Crippen molar-refractivity contribution in [3.05, 3.63) is 82.8 Å². The minimum atomic E-state index is -4.06. The average Bonchev–Trinajstić information content (AvgIpc) is 3.73. The molecule has 0 atom stereocenters. The number of aromatic nitrogens is 6. The standard InChI is InChI=1S/C27H26F2N8O6S2/c1-44(39,40)35-10-8-20(9-11-35)33-27-31-13-19-12-21(24(28)29)26(38)36(25(19)34-27)14-17-2-4-18(5-3-17)22-6-7-23(43-22)45(41,42)37-16-30-15-32-37/h2-7,12-13,15-16,20,24H,8-11,14H2,1H3,(H,31,33,34). The zero-order valence-electron chi connectivity index (χ0n) is 23.6. The van der Waals surface area contributed by atoms with Crippen LogP contribution in [0, 0.1) is 0 Å². The Balaban J connectivity index is 1.26. The van der Waals surface area contributed by atoms with Crippen molar-refractivity contribution < 1.29 is 30.0 Å². The summed E-state index contributed by atoms with van der Waals surface area (Å²) in [5, 5.41) is 6.72. The van der Waals surface area contributed by atoms with Crippen molar-refractivity contribution >= 4 is 37.0 Å². The quantitative estimate of drug-likeness (QED) is 0.246. The molecule has 4 aromatic heterocycles. The first-order valence-electron chi connectivity index (χ1n) is 13.6. The van der Waals surface area contributed by atoms with E-state index in [0.29, 0.717) is 41.1 Å². The van der Waals surface area contributed by atoms with Crippen molar-refractivity contribution in [1.29, 1.82) is 0 Å². The van der Waals surface area contributed by atoms with Gasteiger partial charge in [0.05, 0.1) is 18.4 Å². The number of rotatable bonds is 9. The molecule has 0 saturated carbocycles. The molecule has 45 heavy (non-hydrogen) atoms. The van der Waals surface area contributed by atoms with E-state index in [-0.39, 0.29) is 40.4 Å². The first-order valence-corrected chi connectivity index (χ1v) is 16.9. The molecule has 1 aliphatic rings. The number of halogens is 2. The highest BCUT2D eigenvalue weighted by Crippen LogP contribution is 2.27. The van der Waals surface area contributed by atoms with E-state index in [0.717, 1.165) is 29.5 Å². The van der Waals surface area contributed by atoms with E-state index in [4.69, 9.17) is 4.42 Å². The van der Waals surface area contributed by atoms with Gasteiger partial charge in [-0.2, -0.15) is 13.4 Å². The fraction of sp³-hybridized carbons (Fsp3) is 0.296. The van der Waals surface area contributed by atoms with Gasteiger partial charge < -0.3 is 9.73 Å². The number of fused-ring (bicyclic) bond motifs is 1. The third-order valence-corrected chi connectivity index (χ3v) is 10.1. The highest BCUT2D eigenvalue weighted by atomic mass is 32.2. The molecule has 6 rings (SSSR count). The second-order valence-electron chi connectivity index (χ2n) is 10.4. The zero-order valence-corrected chi connectivity index (χ0v) is 25.2. The molecule has 0 spiro atoms. The molecule has 18 heteroatoms. The highest BCUT2D eigenvalue weighted by molar-refractivity contribution is 7.89. The fourth-order valence-electron chi connectivity index (χ4n) is 5.05. The second kappa shape index (κ2) is 11.8. The summed E-state index contributed by atoms with van der Waals surface area (Å²) in [7, 11) is -7.35. The van der Waals surface area contributed by atoms with E-state index in [9.17, 15) is 30.4 Å². The van der Waals surface area contributed by atoms with Gasteiger partial charge in [-0.1, -0.05) is 24.3 Å². The lowest BCUT2D eigenvalue weighted by atomic mass is 10.1. The van der Waals surface area contributed by atoms with Gasteiger partial charge >= 0.3 is 10.0 Å². The van der Waals surface area contributed by atoms with Crippen molar-refractivity contribution in [3.8, 4) is 11.3 Å². The van der Waals surface area contributed by atoms with Crippen LogP contribution in [-0.2, 0) is 26.6 Å². The number of hydrogen-bond acceptors (Lipinski definition) is 11. The molecule has 1 saturated heterocycles. The molecule has 1 aliphatic heterocycles. The molecule has 0 bridgehead atoms. The summed E-state index contributed by atoms with van der Waals surface area (Å²) < 4.78 is 85.4. The number of nitrogens with one attached hydrogen (secondary N) is 1. The van der Waals surface area contributed by atoms with Crippen LogP contribution in [0.1, 0.15) is 30.4 Å². The van der Waals surface area contributed by atoms with Crippen molar-refractivity contribution in [1.82, 2.24) is 33.0 Å². The van der Waals surface area contributed by atoms with Gasteiger partial charge in [-0.15, -0.1) is 9.19 Å². The van der Waals surface area contributed by atoms with Gasteiger partial charge in [-0.25, -0.2) is 31.5 Å². The minimum Gasteiger partial charge on any atom is -0.443 e. The van der Waals surface area contributed by atoms with Crippen LogP contribution in [0.25, 0.3) is 22.4 Å². The summed E-state index contributed by atoms with van der Waals surface area (Å²) in [5.74, 6) is 0.441. The molecule has 1 aromatic carbocycles. The summed E-state index contributed by atoms with van der Waals surface area (Å²) in [6.45, 7) is 0.572. The van der Waals surface area contributed by atoms with E-state index in [1.54, 1.807) is 24.3 Å². The first-order chi connectivity index (χ1) is 21.4. The van der Waals surface area contributed by atoms with Gasteiger partial charge in [0, 0.05) is 36.3 Å². The molecule has 0 unspecified atom stereocenters. The van der Waals surface area contributed by atoms with Gasteiger partial charge in [0.25, 0.3) is 12.0 Å². The molecule has 0 radical (unpaired) electrons. The Bertz CT molecular complexity index is 2130. The predicted octanol–water partition coefficient (Wildman–Crippen LogP) is 2.70. The van der Waals surface area contributed by atoms with Crippen LogP contribution < -0.4 is 10.9 Å². The van der Waals surface area contributed by atoms with E-state index in [1.807, 2.05) is 0 Å². The number of furan rings is 1. The molecule has 0 amide bonds. The number of anilines is 1. The van der Waals surface area contributed by atoms with Crippen molar-refractivity contribution in [2.24, 2.45) is 0 Å². The normalized spacial score (nSPS) is 15.2. The van der Waals surface area contributed by atoms with E-state index in [2.05, 4.69) is 25.4 Å². The summed E-state index contributed by atoms with van der Waals surface area (Å²) in [5.41, 5.74) is -0.326. The summed E-state index contributed by atoms with van der Waals surface area (Å²) in [6, 6.07) is 10.4. The lowest BCUT2D eigenvalue weighted by molar-refractivity contribution is 0.149. The van der Waals surface area contributed by atoms with Crippen molar-refractivity contribution in [2.45, 2.75) is 36.9 Å². The smallest absolute Gasteiger partial charge is 0.317 e. The molecule has 236 valence electrons. The fourth-order valence-corrected chi connectivity index (χ4v) is 6.89. The van der Waals surface area contributed by atoms with Crippen LogP contribution in [0.15, 0.2) is 75.6 Å². The number of sulfonamides is 1. The van der Waals surface area contributed by atoms with Crippen LogP contribution >= 0.6 is 0 Å². The predicted molar refractivity (Wildman–Crippen MR) is 158 cm³/mol. The molecule has 0 aliphatic carbocycles. The Morgan fingerprint density at radius 1 is 1.07 bits per heavy atom. The van der Waals surface area contributed by atoms with E-state index < -0.39 is 37.6 Å². The zero-order chi connectivity index (χ0) is 31.9. The SMILES string of the molecule is CS(=O)(=O)N1CCC(Nc2ncc3cc(C(F)F)c(=O)n(Cc4ccc(-c5ccc(S(=O)(=O)n6cncn6)o5)cc4)c3n2)CC1. The van der Waals surface area contributed by atoms with Gasteiger partial charge in [0.1, 0.15) is 24.1 Å². The Hall–Kier alpha value is -4.55. The maximum Gasteiger partial charge on any atom is 0.317 e. The third kappa shape index (κ3) is 6.20. The number of pyridine rings is 1. The monoisotopic (exact) mass is 660 g/mol. The number of nitrogens with zero attached hydrogens (tertiary/aromatic N) is 7. The van der Waals surface area contributed by atoms with Crippen molar-refractivity contribution in [3.63, 3.8) is 0 Å². The second-order valence-corrected chi connectivity index (χ2v) is 14.1. The van der Waals surface area contributed by atoms with Crippen LogP contribution in [-0.4, -0.2) is 75.2 Å². The summed E-state index contributed by atoms with van der Waals surface area (Å²) in [6.07, 6.45) is 2.66. The third-order valence-electron chi connectivity index (χ3n) is 7.40. The number of hydrogen-bond donors (Lipinski definition) is 1. The van der Waals surface area contributed by atoms with E-state index >= 15 is 0 Å². The molecule has 1 fully saturated rings. The van der Waals surface area contributed by atoms with Gasteiger partial charge in [0.15, 0.2) is 0 Å². The van der Waals surface area contributed by atoms with Gasteiger partial charge in [-0.3, -0.25) is 9.36 Å². The maximum atomic E-state index is 13.8. The number of benzene rings is 1.